The van der Waals surface area contributed by atoms with Gasteiger partial charge in [-0.05, 0) is 6.92 Å². The molecule has 5 nitrogen and oxygen atoms in total. The van der Waals surface area contributed by atoms with Crippen molar-refractivity contribution in [3.63, 3.8) is 0 Å². The highest BCUT2D eigenvalue weighted by atomic mass is 32.2. The van der Waals surface area contributed by atoms with Crippen LogP contribution in [0.4, 0.5) is 0 Å². The van der Waals surface area contributed by atoms with E-state index in [9.17, 15) is 8.42 Å². The number of likely N-dealkylation sites (N-methyl/N-ethyl adjacent to an activating group) is 1. The summed E-state index contributed by atoms with van der Waals surface area (Å²) in [6.45, 7) is 7.13. The van der Waals surface area contributed by atoms with Crippen LogP contribution in [0, 0.1) is 6.92 Å². The monoisotopic (exact) mass is 259 g/mol. The van der Waals surface area contributed by atoms with Crippen molar-refractivity contribution in [2.75, 3.05) is 13.1 Å². The van der Waals surface area contributed by atoms with Crippen LogP contribution in [0.1, 0.15) is 18.4 Å². The highest BCUT2D eigenvalue weighted by molar-refractivity contribution is 7.89. The van der Waals surface area contributed by atoms with Crippen LogP contribution >= 0.6 is 0 Å². The lowest BCUT2D eigenvalue weighted by Gasteiger charge is -2.17. The highest BCUT2D eigenvalue weighted by Gasteiger charge is 2.26. The lowest BCUT2D eigenvalue weighted by atomic mass is 10.4. The minimum Gasteiger partial charge on any atom is -0.462 e. The summed E-state index contributed by atoms with van der Waals surface area (Å²) in [5.74, 6) is 0.535. The molecule has 0 atom stereocenters. The Hall–Kier alpha value is -1.11. The summed E-state index contributed by atoms with van der Waals surface area (Å²) in [5.41, 5.74) is 0. The normalized spacial score (nSPS) is 12.0. The fourth-order valence-corrected chi connectivity index (χ4v) is 3.14. The first-order chi connectivity index (χ1) is 7.97. The largest absolute Gasteiger partial charge is 0.462 e. The Labute approximate surface area is 101 Å². The summed E-state index contributed by atoms with van der Waals surface area (Å²) in [4.78, 5) is 0.102. The van der Waals surface area contributed by atoms with Crippen molar-refractivity contribution in [1.82, 2.24) is 4.31 Å². The first kappa shape index (κ1) is 14.0. The molecule has 0 saturated carbocycles. The second-order valence-corrected chi connectivity index (χ2v) is 5.44. The lowest BCUT2D eigenvalue weighted by Crippen LogP contribution is -2.31. The summed E-state index contributed by atoms with van der Waals surface area (Å²) in [6.07, 6.45) is 1.53. The van der Waals surface area contributed by atoms with Gasteiger partial charge in [0.2, 0.25) is 10.0 Å². The summed E-state index contributed by atoms with van der Waals surface area (Å²) < 4.78 is 30.9. The molecule has 0 fully saturated rings. The third-order valence-corrected chi connectivity index (χ3v) is 4.43. The molecule has 0 unspecified atom stereocenters. The summed E-state index contributed by atoms with van der Waals surface area (Å²) in [5, 5.41) is 8.92. The maximum atomic E-state index is 12.2. The Morgan fingerprint density at radius 1 is 1.59 bits per heavy atom. The van der Waals surface area contributed by atoms with E-state index in [1.165, 1.54) is 16.4 Å². The molecule has 0 amide bonds. The number of nitrogens with zero attached hydrogens (tertiary/aromatic N) is 1. The molecule has 0 bridgehead atoms. The summed E-state index contributed by atoms with van der Waals surface area (Å²) >= 11 is 0. The van der Waals surface area contributed by atoms with Crippen LogP contribution < -0.4 is 0 Å². The van der Waals surface area contributed by atoms with Gasteiger partial charge in [0.25, 0.3) is 0 Å². The molecule has 1 rings (SSSR count). The number of sulfonamides is 1. The summed E-state index contributed by atoms with van der Waals surface area (Å²) in [7, 11) is -3.58. The number of aliphatic hydroxyl groups excluding tert-OH is 1. The number of furan rings is 1. The predicted octanol–water partition coefficient (Wildman–Crippen LogP) is 1.28. The van der Waals surface area contributed by atoms with Crippen molar-refractivity contribution in [2.45, 2.75) is 25.3 Å². The van der Waals surface area contributed by atoms with Gasteiger partial charge >= 0.3 is 0 Å². The van der Waals surface area contributed by atoms with Gasteiger partial charge < -0.3 is 9.52 Å². The molecule has 0 aliphatic carbocycles. The number of hydrogen-bond acceptors (Lipinski definition) is 4. The molecule has 6 heteroatoms. The number of hydrogen-bond donors (Lipinski definition) is 1. The van der Waals surface area contributed by atoms with Gasteiger partial charge in [-0.15, -0.1) is 6.58 Å². The smallest absolute Gasteiger partial charge is 0.246 e. The molecule has 0 aliphatic heterocycles. The third kappa shape index (κ3) is 2.77. The average molecular weight is 259 g/mol. The van der Waals surface area contributed by atoms with Gasteiger partial charge in [-0.2, -0.15) is 4.31 Å². The van der Waals surface area contributed by atoms with Gasteiger partial charge in [-0.25, -0.2) is 8.42 Å². The van der Waals surface area contributed by atoms with Crippen LogP contribution in [-0.2, 0) is 16.6 Å². The Morgan fingerprint density at radius 3 is 2.65 bits per heavy atom. The number of aryl methyl sites for hydroxylation is 1. The van der Waals surface area contributed by atoms with E-state index in [-0.39, 0.29) is 29.6 Å². The van der Waals surface area contributed by atoms with Gasteiger partial charge in [-0.1, -0.05) is 13.0 Å². The molecule has 1 heterocycles. The molecule has 0 aliphatic rings. The molecule has 0 spiro atoms. The first-order valence-electron chi connectivity index (χ1n) is 5.28. The van der Waals surface area contributed by atoms with E-state index in [0.29, 0.717) is 6.54 Å². The van der Waals surface area contributed by atoms with Crippen molar-refractivity contribution >= 4 is 10.0 Å². The fourth-order valence-electron chi connectivity index (χ4n) is 1.54. The van der Waals surface area contributed by atoms with E-state index in [1.807, 2.05) is 0 Å². The zero-order valence-electron chi connectivity index (χ0n) is 10.0. The lowest BCUT2D eigenvalue weighted by molar-refractivity contribution is 0.244. The van der Waals surface area contributed by atoms with Crippen molar-refractivity contribution in [3.05, 3.63) is 30.2 Å². The average Bonchev–Trinajstić information content (AvgIpc) is 2.67. The predicted molar refractivity (Wildman–Crippen MR) is 64.0 cm³/mol. The number of rotatable bonds is 6. The van der Waals surface area contributed by atoms with E-state index >= 15 is 0 Å². The maximum Gasteiger partial charge on any atom is 0.246 e. The Kier molecular flexibility index (Phi) is 4.50. The second kappa shape index (κ2) is 5.48. The van der Waals surface area contributed by atoms with E-state index in [0.717, 1.165) is 0 Å². The van der Waals surface area contributed by atoms with Gasteiger partial charge in [0, 0.05) is 19.2 Å². The van der Waals surface area contributed by atoms with Crippen LogP contribution in [0.3, 0.4) is 0 Å². The molecule has 1 aromatic heterocycles. The van der Waals surface area contributed by atoms with Crippen molar-refractivity contribution in [3.8, 4) is 0 Å². The van der Waals surface area contributed by atoms with Crippen LogP contribution in [-0.4, -0.2) is 30.9 Å². The van der Waals surface area contributed by atoms with Gasteiger partial charge in [0.1, 0.15) is 23.0 Å². The SMILES string of the molecule is C=CCN(CC)S(=O)(=O)c1cc(CO)oc1C. The molecule has 0 aromatic carbocycles. The zero-order chi connectivity index (χ0) is 13.1. The molecule has 17 heavy (non-hydrogen) atoms. The minimum atomic E-state index is -3.58. The molecule has 1 aromatic rings. The van der Waals surface area contributed by atoms with Crippen LogP contribution in [0.25, 0.3) is 0 Å². The van der Waals surface area contributed by atoms with E-state index in [2.05, 4.69) is 6.58 Å². The van der Waals surface area contributed by atoms with Gasteiger partial charge in [0.05, 0.1) is 0 Å². The van der Waals surface area contributed by atoms with Crippen LogP contribution in [0.15, 0.2) is 28.0 Å². The van der Waals surface area contributed by atoms with Crippen LogP contribution in [0.5, 0.6) is 0 Å². The minimum absolute atomic E-state index is 0.102. The molecule has 0 saturated heterocycles. The standard InChI is InChI=1S/C11H17NO4S/c1-4-6-12(5-2)17(14,15)11-7-10(8-13)16-9(11)3/h4,7,13H,1,5-6,8H2,2-3H3. The van der Waals surface area contributed by atoms with E-state index in [4.69, 9.17) is 9.52 Å². The topological polar surface area (TPSA) is 70.8 Å². The van der Waals surface area contributed by atoms with Crippen molar-refractivity contribution < 1.29 is 17.9 Å². The Bertz CT molecular complexity index is 490. The zero-order valence-corrected chi connectivity index (χ0v) is 10.8. The fraction of sp³-hybridized carbons (Fsp3) is 0.455. The van der Waals surface area contributed by atoms with Crippen molar-refractivity contribution in [1.29, 1.82) is 0 Å². The number of aliphatic hydroxyl groups is 1. The van der Waals surface area contributed by atoms with Gasteiger partial charge in [0.15, 0.2) is 0 Å². The van der Waals surface area contributed by atoms with E-state index < -0.39 is 10.0 Å². The van der Waals surface area contributed by atoms with Crippen molar-refractivity contribution in [2.24, 2.45) is 0 Å². The molecule has 1 N–H and O–H groups in total. The van der Waals surface area contributed by atoms with Crippen LogP contribution in [0.2, 0.25) is 0 Å². The van der Waals surface area contributed by atoms with Gasteiger partial charge in [-0.3, -0.25) is 0 Å². The van der Waals surface area contributed by atoms with E-state index in [1.54, 1.807) is 13.8 Å². The molecule has 0 radical (unpaired) electrons. The quantitative estimate of drug-likeness (QED) is 0.781. The molecular weight excluding hydrogens is 242 g/mol. The maximum absolute atomic E-state index is 12.2. The molecular formula is C11H17NO4S. The Balaban J connectivity index is 3.19. The molecule has 96 valence electrons. The first-order valence-corrected chi connectivity index (χ1v) is 6.72. The summed E-state index contributed by atoms with van der Waals surface area (Å²) in [6, 6.07) is 1.36. The highest BCUT2D eigenvalue weighted by Crippen LogP contribution is 2.23. The second-order valence-electron chi connectivity index (χ2n) is 3.54. The third-order valence-electron chi connectivity index (χ3n) is 2.38. The Morgan fingerprint density at radius 2 is 2.24 bits per heavy atom.